The molecule has 154 valence electrons. The Balaban J connectivity index is 2.43. The van der Waals surface area contributed by atoms with Crippen LogP contribution in [0.25, 0.3) is 0 Å². The summed E-state index contributed by atoms with van der Waals surface area (Å²) in [7, 11) is 1.91. The minimum Gasteiger partial charge on any atom is -0.377 e. The summed E-state index contributed by atoms with van der Waals surface area (Å²) in [5.74, 6) is -0.0613. The number of ether oxygens (including phenoxy) is 1. The third-order valence-corrected chi connectivity index (χ3v) is 5.38. The highest BCUT2D eigenvalue weighted by Crippen LogP contribution is 2.21. The van der Waals surface area contributed by atoms with Crippen LogP contribution in [0.1, 0.15) is 65.4 Å². The lowest BCUT2D eigenvalue weighted by molar-refractivity contribution is -0.127. The summed E-state index contributed by atoms with van der Waals surface area (Å²) >= 11 is 0. The molecule has 1 aromatic rings. The van der Waals surface area contributed by atoms with Gasteiger partial charge in [0.15, 0.2) is 0 Å². The number of hydrogen-bond acceptors (Lipinski definition) is 3. The van der Waals surface area contributed by atoms with Gasteiger partial charge in [-0.15, -0.1) is 0 Å². The van der Waals surface area contributed by atoms with Gasteiger partial charge in [0, 0.05) is 12.1 Å². The highest BCUT2D eigenvalue weighted by molar-refractivity contribution is 5.80. The van der Waals surface area contributed by atoms with E-state index in [2.05, 4.69) is 50.5 Å². The topological polar surface area (TPSA) is 50.4 Å². The molecule has 0 bridgehead atoms. The van der Waals surface area contributed by atoms with Gasteiger partial charge in [-0.1, -0.05) is 62.9 Å². The first-order chi connectivity index (χ1) is 12.9. The molecule has 1 amide bonds. The fraction of sp³-hybridized carbons (Fsp3) is 0.696. The van der Waals surface area contributed by atoms with E-state index in [1.54, 1.807) is 0 Å². The molecule has 1 aromatic carbocycles. The number of amides is 1. The fourth-order valence-electron chi connectivity index (χ4n) is 3.20. The van der Waals surface area contributed by atoms with Gasteiger partial charge < -0.3 is 15.4 Å². The molecule has 1 unspecified atom stereocenters. The molecule has 2 atom stereocenters. The molecule has 0 fully saturated rings. The summed E-state index contributed by atoms with van der Waals surface area (Å²) in [6.07, 6.45) is 7.12. The Hall–Kier alpha value is -1.39. The third-order valence-electron chi connectivity index (χ3n) is 5.38. The summed E-state index contributed by atoms with van der Waals surface area (Å²) in [6, 6.07) is 10.2. The van der Waals surface area contributed by atoms with Gasteiger partial charge in [-0.25, -0.2) is 0 Å². The summed E-state index contributed by atoms with van der Waals surface area (Å²) in [5.41, 5.74) is 0.894. The second-order valence-electron chi connectivity index (χ2n) is 8.04. The van der Waals surface area contributed by atoms with E-state index in [4.69, 9.17) is 4.74 Å². The SMILES string of the molecule is CCCCCCC(C)OCCNC(=O)[C@H](Cc1ccccc1)C(C)(C)NC. The van der Waals surface area contributed by atoms with Crippen LogP contribution in [0.5, 0.6) is 0 Å². The van der Waals surface area contributed by atoms with Gasteiger partial charge in [-0.05, 0) is 46.2 Å². The Morgan fingerprint density at radius 3 is 2.48 bits per heavy atom. The molecule has 2 N–H and O–H groups in total. The van der Waals surface area contributed by atoms with Crippen molar-refractivity contribution in [2.45, 2.75) is 77.9 Å². The Morgan fingerprint density at radius 1 is 1.15 bits per heavy atom. The molecule has 1 rings (SSSR count). The minimum absolute atomic E-state index is 0.0809. The summed E-state index contributed by atoms with van der Waals surface area (Å²) in [5, 5.41) is 6.36. The van der Waals surface area contributed by atoms with Crippen LogP contribution in [0.15, 0.2) is 30.3 Å². The monoisotopic (exact) mass is 376 g/mol. The molecule has 0 aromatic heterocycles. The summed E-state index contributed by atoms with van der Waals surface area (Å²) in [6.45, 7) is 9.63. The Kier molecular flexibility index (Phi) is 11.3. The van der Waals surface area contributed by atoms with Gasteiger partial charge in [-0.2, -0.15) is 0 Å². The second-order valence-corrected chi connectivity index (χ2v) is 8.04. The van der Waals surface area contributed by atoms with Crippen LogP contribution in [-0.2, 0) is 16.0 Å². The maximum atomic E-state index is 12.8. The van der Waals surface area contributed by atoms with E-state index in [0.29, 0.717) is 13.2 Å². The van der Waals surface area contributed by atoms with Crippen LogP contribution < -0.4 is 10.6 Å². The first kappa shape index (κ1) is 23.6. The van der Waals surface area contributed by atoms with E-state index >= 15 is 0 Å². The molecule has 4 heteroatoms. The van der Waals surface area contributed by atoms with Crippen molar-refractivity contribution in [3.63, 3.8) is 0 Å². The fourth-order valence-corrected chi connectivity index (χ4v) is 3.20. The molecule has 0 radical (unpaired) electrons. The smallest absolute Gasteiger partial charge is 0.225 e. The van der Waals surface area contributed by atoms with Crippen molar-refractivity contribution in [3.05, 3.63) is 35.9 Å². The molecule has 27 heavy (non-hydrogen) atoms. The lowest BCUT2D eigenvalue weighted by atomic mass is 9.82. The van der Waals surface area contributed by atoms with E-state index in [-0.39, 0.29) is 23.5 Å². The third kappa shape index (κ3) is 9.39. The molecule has 0 saturated carbocycles. The molecular formula is C23H40N2O2. The summed E-state index contributed by atoms with van der Waals surface area (Å²) < 4.78 is 5.85. The largest absolute Gasteiger partial charge is 0.377 e. The number of carbonyl (C=O) groups excluding carboxylic acids is 1. The number of nitrogens with one attached hydrogen (secondary N) is 2. The highest BCUT2D eigenvalue weighted by Gasteiger charge is 2.33. The van der Waals surface area contributed by atoms with Gasteiger partial charge in [-0.3, -0.25) is 4.79 Å². The molecule has 0 aliphatic carbocycles. The van der Waals surface area contributed by atoms with Crippen molar-refractivity contribution in [3.8, 4) is 0 Å². The molecule has 0 saturated heterocycles. The Bertz CT molecular complexity index is 516. The van der Waals surface area contributed by atoms with Gasteiger partial charge in [0.1, 0.15) is 0 Å². The number of benzene rings is 1. The molecule has 0 heterocycles. The van der Waals surface area contributed by atoms with Crippen molar-refractivity contribution in [2.24, 2.45) is 5.92 Å². The van der Waals surface area contributed by atoms with Crippen LogP contribution in [-0.4, -0.2) is 37.7 Å². The van der Waals surface area contributed by atoms with Gasteiger partial charge in [0.05, 0.1) is 18.6 Å². The van der Waals surface area contributed by atoms with Gasteiger partial charge in [0.2, 0.25) is 5.91 Å². The zero-order valence-electron chi connectivity index (χ0n) is 18.0. The first-order valence-corrected chi connectivity index (χ1v) is 10.5. The lowest BCUT2D eigenvalue weighted by Crippen LogP contribution is -2.52. The highest BCUT2D eigenvalue weighted by atomic mass is 16.5. The van der Waals surface area contributed by atoms with Crippen molar-refractivity contribution < 1.29 is 9.53 Å². The number of unbranched alkanes of at least 4 members (excludes halogenated alkanes) is 3. The quantitative estimate of drug-likeness (QED) is 0.475. The number of rotatable bonds is 14. The maximum Gasteiger partial charge on any atom is 0.225 e. The van der Waals surface area contributed by atoms with Crippen LogP contribution in [0.2, 0.25) is 0 Å². The standard InChI is InChI=1S/C23H40N2O2/c1-6-7-8-10-13-19(2)27-17-16-25-22(26)21(23(3,4)24-5)18-20-14-11-9-12-15-20/h9,11-12,14-15,19,21,24H,6-8,10,13,16-18H2,1-5H3,(H,25,26)/t19?,21-/m0/s1. The first-order valence-electron chi connectivity index (χ1n) is 10.5. The zero-order valence-corrected chi connectivity index (χ0v) is 18.0. The average Bonchev–Trinajstić information content (AvgIpc) is 2.67. The predicted octanol–water partition coefficient (Wildman–Crippen LogP) is 4.34. The number of carbonyl (C=O) groups is 1. The zero-order chi connectivity index (χ0) is 20.1. The van der Waals surface area contributed by atoms with Crippen LogP contribution >= 0.6 is 0 Å². The van der Waals surface area contributed by atoms with Crippen molar-refractivity contribution in [2.75, 3.05) is 20.2 Å². The Morgan fingerprint density at radius 2 is 1.85 bits per heavy atom. The van der Waals surface area contributed by atoms with E-state index in [9.17, 15) is 4.79 Å². The number of hydrogen-bond donors (Lipinski definition) is 2. The lowest BCUT2D eigenvalue weighted by Gasteiger charge is -2.33. The van der Waals surface area contributed by atoms with Gasteiger partial charge in [0.25, 0.3) is 0 Å². The molecule has 0 aliphatic rings. The maximum absolute atomic E-state index is 12.8. The van der Waals surface area contributed by atoms with Gasteiger partial charge >= 0.3 is 0 Å². The molecule has 4 nitrogen and oxygen atoms in total. The molecule has 0 aliphatic heterocycles. The van der Waals surface area contributed by atoms with E-state index in [1.165, 1.54) is 31.2 Å². The van der Waals surface area contributed by atoms with Crippen molar-refractivity contribution in [1.29, 1.82) is 0 Å². The van der Waals surface area contributed by atoms with Crippen LogP contribution in [0, 0.1) is 5.92 Å². The normalized spacial score (nSPS) is 14.0. The Labute approximate surface area is 166 Å². The predicted molar refractivity (Wildman–Crippen MR) is 114 cm³/mol. The molecular weight excluding hydrogens is 336 g/mol. The summed E-state index contributed by atoms with van der Waals surface area (Å²) in [4.78, 5) is 12.8. The van der Waals surface area contributed by atoms with E-state index in [0.717, 1.165) is 12.8 Å². The van der Waals surface area contributed by atoms with Crippen molar-refractivity contribution >= 4 is 5.91 Å². The minimum atomic E-state index is -0.284. The average molecular weight is 377 g/mol. The molecule has 0 spiro atoms. The second kappa shape index (κ2) is 12.9. The van der Waals surface area contributed by atoms with E-state index < -0.39 is 0 Å². The van der Waals surface area contributed by atoms with Crippen molar-refractivity contribution in [1.82, 2.24) is 10.6 Å². The van der Waals surface area contributed by atoms with Crippen LogP contribution in [0.3, 0.4) is 0 Å². The van der Waals surface area contributed by atoms with Crippen LogP contribution in [0.4, 0.5) is 0 Å². The van der Waals surface area contributed by atoms with E-state index in [1.807, 2.05) is 25.2 Å².